The van der Waals surface area contributed by atoms with Crippen molar-refractivity contribution in [3.63, 3.8) is 0 Å². The predicted octanol–water partition coefficient (Wildman–Crippen LogP) is 5.04. The maximum Gasteiger partial charge on any atom is 0.306 e. The topological polar surface area (TPSA) is 71.7 Å². The van der Waals surface area contributed by atoms with Crippen molar-refractivity contribution >= 4 is 11.7 Å². The molecule has 0 radical (unpaired) electrons. The van der Waals surface area contributed by atoms with Crippen molar-refractivity contribution in [2.24, 2.45) is 5.92 Å². The SMILES string of the molecule is CCOC(=O)CC1CCN(C2CCN(c3ccc(-c4noc(-c5ccccc5)n4)cc3)CC2)CC1. The number of carbonyl (C=O) groups is 1. The number of nitrogens with zero attached hydrogens (tertiary/aromatic N) is 4. The standard InChI is InChI=1S/C28H34N4O3/c1-2-34-26(33)20-21-12-16-31(17-13-21)25-14-18-32(19-15-25)24-10-8-22(9-11-24)27-29-28(35-30-27)23-6-4-3-5-7-23/h3-11,21,25H,2,12-20H2,1H3. The van der Waals surface area contributed by atoms with Crippen LogP contribution in [-0.4, -0.2) is 59.8 Å². The first-order valence-corrected chi connectivity index (χ1v) is 12.8. The highest BCUT2D eigenvalue weighted by Crippen LogP contribution is 2.29. The van der Waals surface area contributed by atoms with E-state index >= 15 is 0 Å². The summed E-state index contributed by atoms with van der Waals surface area (Å²) in [7, 11) is 0. The fourth-order valence-corrected chi connectivity index (χ4v) is 5.33. The molecule has 184 valence electrons. The molecule has 0 N–H and O–H groups in total. The van der Waals surface area contributed by atoms with Gasteiger partial charge in [-0.15, -0.1) is 0 Å². The molecule has 0 spiro atoms. The number of hydrogen-bond donors (Lipinski definition) is 0. The Labute approximate surface area is 207 Å². The fraction of sp³-hybridized carbons (Fsp3) is 0.464. The summed E-state index contributed by atoms with van der Waals surface area (Å²) in [5.74, 6) is 1.59. The van der Waals surface area contributed by atoms with Gasteiger partial charge in [-0.3, -0.25) is 4.79 Å². The number of benzene rings is 2. The molecule has 0 saturated carbocycles. The molecule has 5 rings (SSSR count). The van der Waals surface area contributed by atoms with Crippen molar-refractivity contribution in [2.45, 2.75) is 45.1 Å². The Kier molecular flexibility index (Phi) is 7.42. The average Bonchev–Trinajstić information content (AvgIpc) is 3.41. The van der Waals surface area contributed by atoms with Gasteiger partial charge >= 0.3 is 5.97 Å². The van der Waals surface area contributed by atoms with Crippen molar-refractivity contribution in [3.8, 4) is 22.8 Å². The van der Waals surface area contributed by atoms with Gasteiger partial charge in [-0.1, -0.05) is 23.4 Å². The number of anilines is 1. The van der Waals surface area contributed by atoms with Crippen LogP contribution in [0.5, 0.6) is 0 Å². The Balaban J connectivity index is 1.11. The van der Waals surface area contributed by atoms with E-state index in [2.05, 4.69) is 44.2 Å². The lowest BCUT2D eigenvalue weighted by molar-refractivity contribution is -0.144. The van der Waals surface area contributed by atoms with Crippen LogP contribution < -0.4 is 4.90 Å². The van der Waals surface area contributed by atoms with Crippen LogP contribution in [0.2, 0.25) is 0 Å². The lowest BCUT2D eigenvalue weighted by Crippen LogP contribution is -2.48. The Morgan fingerprint density at radius 3 is 2.34 bits per heavy atom. The summed E-state index contributed by atoms with van der Waals surface area (Å²) in [5, 5.41) is 4.17. The van der Waals surface area contributed by atoms with Gasteiger partial charge in [0.2, 0.25) is 5.82 Å². The number of ether oxygens (including phenoxy) is 1. The van der Waals surface area contributed by atoms with Gasteiger partial charge in [-0.25, -0.2) is 0 Å². The second kappa shape index (κ2) is 11.0. The summed E-state index contributed by atoms with van der Waals surface area (Å²) in [6, 6.07) is 19.0. The highest BCUT2D eigenvalue weighted by molar-refractivity contribution is 5.69. The number of likely N-dealkylation sites (tertiary alicyclic amines) is 1. The number of piperidine rings is 2. The molecule has 1 aromatic heterocycles. The van der Waals surface area contributed by atoms with Gasteiger partial charge in [0, 0.05) is 42.4 Å². The van der Waals surface area contributed by atoms with Gasteiger partial charge in [0.15, 0.2) is 0 Å². The summed E-state index contributed by atoms with van der Waals surface area (Å²) in [6.45, 7) is 6.67. The molecule has 7 heteroatoms. The van der Waals surface area contributed by atoms with Crippen molar-refractivity contribution < 1.29 is 14.1 Å². The summed E-state index contributed by atoms with van der Waals surface area (Å²) < 4.78 is 10.6. The molecular weight excluding hydrogens is 440 g/mol. The van der Waals surface area contributed by atoms with Gasteiger partial charge in [-0.05, 0) is 88.0 Å². The van der Waals surface area contributed by atoms with Gasteiger partial charge in [-0.2, -0.15) is 4.98 Å². The molecule has 7 nitrogen and oxygen atoms in total. The zero-order chi connectivity index (χ0) is 24.0. The minimum atomic E-state index is -0.0405. The molecule has 3 aromatic rings. The molecule has 0 unspecified atom stereocenters. The summed E-state index contributed by atoms with van der Waals surface area (Å²) in [4.78, 5) is 21.4. The van der Waals surface area contributed by atoms with Crippen molar-refractivity contribution in [2.75, 3.05) is 37.7 Å². The van der Waals surface area contributed by atoms with E-state index in [-0.39, 0.29) is 5.97 Å². The van der Waals surface area contributed by atoms with E-state index in [1.807, 2.05) is 37.3 Å². The van der Waals surface area contributed by atoms with Crippen LogP contribution in [0.3, 0.4) is 0 Å². The molecule has 2 saturated heterocycles. The quantitative estimate of drug-likeness (QED) is 0.444. The summed E-state index contributed by atoms with van der Waals surface area (Å²) in [6.07, 6.45) is 5.13. The van der Waals surface area contributed by atoms with Crippen molar-refractivity contribution in [1.82, 2.24) is 15.0 Å². The van der Waals surface area contributed by atoms with Gasteiger partial charge in [0.1, 0.15) is 0 Å². The molecular formula is C28H34N4O3. The molecule has 2 aromatic carbocycles. The highest BCUT2D eigenvalue weighted by atomic mass is 16.5. The molecule has 0 aliphatic carbocycles. The third-order valence-corrected chi connectivity index (χ3v) is 7.33. The lowest BCUT2D eigenvalue weighted by Gasteiger charge is -2.42. The van der Waals surface area contributed by atoms with E-state index in [4.69, 9.17) is 9.26 Å². The Hall–Kier alpha value is -3.19. The molecule has 35 heavy (non-hydrogen) atoms. The maximum atomic E-state index is 11.8. The molecule has 2 aliphatic rings. The largest absolute Gasteiger partial charge is 0.466 e. The van der Waals surface area contributed by atoms with E-state index in [0.717, 1.165) is 50.1 Å². The molecule has 0 atom stereocenters. The van der Waals surface area contributed by atoms with E-state index < -0.39 is 0 Å². The van der Waals surface area contributed by atoms with Crippen LogP contribution in [0.1, 0.15) is 39.0 Å². The van der Waals surface area contributed by atoms with Gasteiger partial charge in [0.05, 0.1) is 6.61 Å². The molecule has 3 heterocycles. The van der Waals surface area contributed by atoms with E-state index in [1.165, 1.54) is 18.5 Å². The zero-order valence-electron chi connectivity index (χ0n) is 20.4. The smallest absolute Gasteiger partial charge is 0.306 e. The monoisotopic (exact) mass is 474 g/mol. The normalized spacial score (nSPS) is 18.0. The van der Waals surface area contributed by atoms with Gasteiger partial charge < -0.3 is 19.1 Å². The Morgan fingerprint density at radius 2 is 1.66 bits per heavy atom. The first-order chi connectivity index (χ1) is 17.2. The maximum absolute atomic E-state index is 11.8. The van der Waals surface area contributed by atoms with Crippen molar-refractivity contribution in [3.05, 3.63) is 54.6 Å². The van der Waals surface area contributed by atoms with Gasteiger partial charge in [0.25, 0.3) is 5.89 Å². The van der Waals surface area contributed by atoms with Crippen LogP contribution in [0.4, 0.5) is 5.69 Å². The number of aromatic nitrogens is 2. The minimum absolute atomic E-state index is 0.0405. The predicted molar refractivity (Wildman–Crippen MR) is 136 cm³/mol. The highest BCUT2D eigenvalue weighted by Gasteiger charge is 2.29. The summed E-state index contributed by atoms with van der Waals surface area (Å²) in [5.41, 5.74) is 3.13. The Bertz CT molecular complexity index is 1080. The van der Waals surface area contributed by atoms with Crippen LogP contribution >= 0.6 is 0 Å². The van der Waals surface area contributed by atoms with Crippen LogP contribution in [0.15, 0.2) is 59.1 Å². The van der Waals surface area contributed by atoms with E-state index in [1.54, 1.807) is 0 Å². The second-order valence-electron chi connectivity index (χ2n) is 9.54. The fourth-order valence-electron chi connectivity index (χ4n) is 5.33. The van der Waals surface area contributed by atoms with Crippen molar-refractivity contribution in [1.29, 1.82) is 0 Å². The van der Waals surface area contributed by atoms with Crippen LogP contribution in [-0.2, 0) is 9.53 Å². The molecule has 0 amide bonds. The number of hydrogen-bond acceptors (Lipinski definition) is 7. The third-order valence-electron chi connectivity index (χ3n) is 7.33. The molecule has 2 fully saturated rings. The van der Waals surface area contributed by atoms with Crippen LogP contribution in [0.25, 0.3) is 22.8 Å². The minimum Gasteiger partial charge on any atom is -0.466 e. The molecule has 0 bridgehead atoms. The number of rotatable bonds is 7. The number of esters is 1. The number of carbonyl (C=O) groups excluding carboxylic acids is 1. The summed E-state index contributed by atoms with van der Waals surface area (Å²) >= 11 is 0. The molecule has 2 aliphatic heterocycles. The first-order valence-electron chi connectivity index (χ1n) is 12.8. The average molecular weight is 475 g/mol. The van der Waals surface area contributed by atoms with E-state index in [9.17, 15) is 4.79 Å². The first kappa shape index (κ1) is 23.5. The van der Waals surface area contributed by atoms with Crippen LogP contribution in [0, 0.1) is 5.92 Å². The second-order valence-corrected chi connectivity index (χ2v) is 9.54. The zero-order valence-corrected chi connectivity index (χ0v) is 20.4. The Morgan fingerprint density at radius 1 is 0.943 bits per heavy atom. The third kappa shape index (κ3) is 5.73. The van der Waals surface area contributed by atoms with E-state index in [0.29, 0.717) is 36.7 Å². The lowest BCUT2D eigenvalue weighted by atomic mass is 9.91.